The summed E-state index contributed by atoms with van der Waals surface area (Å²) in [6.07, 6.45) is 1.56. The number of hydrogen-bond donors (Lipinski definition) is 3. The van der Waals surface area contributed by atoms with E-state index in [0.717, 1.165) is 50.8 Å². The fourth-order valence-electron chi connectivity index (χ4n) is 5.02. The maximum Gasteiger partial charge on any atom is 0.325 e. The van der Waals surface area contributed by atoms with Crippen LogP contribution in [-0.2, 0) is 6.54 Å². The molecule has 164 valence electrons. The number of amides is 2. The Balaban J connectivity index is 1.43. The third-order valence-electron chi connectivity index (χ3n) is 6.88. The number of halogens is 2. The Morgan fingerprint density at radius 3 is 2.42 bits per heavy atom. The molecule has 3 aliphatic rings. The molecule has 3 fully saturated rings. The van der Waals surface area contributed by atoms with Crippen LogP contribution in [0.4, 0.5) is 19.3 Å². The molecule has 2 aromatic rings. The van der Waals surface area contributed by atoms with Crippen LogP contribution in [0.1, 0.15) is 29.9 Å². The van der Waals surface area contributed by atoms with Gasteiger partial charge in [-0.15, -0.1) is 0 Å². The maximum absolute atomic E-state index is 14.4. The lowest BCUT2D eigenvalue weighted by atomic mass is 9.87. The Labute approximate surface area is 180 Å². The normalized spacial score (nSPS) is 21.4. The Morgan fingerprint density at radius 2 is 1.71 bits per heavy atom. The average molecular weight is 427 g/mol. The summed E-state index contributed by atoms with van der Waals surface area (Å²) in [5, 5.41) is 3.35. The lowest BCUT2D eigenvalue weighted by Gasteiger charge is -2.40. The molecule has 0 bridgehead atoms. The second-order valence-electron chi connectivity index (χ2n) is 8.69. The first-order chi connectivity index (χ1) is 15.1. The molecule has 2 aromatic carbocycles. The van der Waals surface area contributed by atoms with Crippen LogP contribution in [-0.4, -0.2) is 49.2 Å². The van der Waals surface area contributed by atoms with E-state index in [1.165, 1.54) is 11.6 Å². The third-order valence-corrected chi connectivity index (χ3v) is 6.88. The predicted octanol–water partition coefficient (Wildman–Crippen LogP) is 2.72. The number of nitrogens with zero attached hydrogens (tertiary/aromatic N) is 2. The highest BCUT2D eigenvalue weighted by Gasteiger charge is 2.50. The highest BCUT2D eigenvalue weighted by Crippen LogP contribution is 2.38. The summed E-state index contributed by atoms with van der Waals surface area (Å²) >= 11 is 0. The Bertz CT molecular complexity index is 955. The van der Waals surface area contributed by atoms with Gasteiger partial charge in [-0.05, 0) is 49.7 Å². The first-order valence-corrected chi connectivity index (χ1v) is 10.9. The minimum atomic E-state index is -0.883. The van der Waals surface area contributed by atoms with E-state index in [-0.39, 0.29) is 23.7 Å². The summed E-state index contributed by atoms with van der Waals surface area (Å²) < 4.78 is 28.2. The molecule has 3 saturated heterocycles. The molecular formula is C23H27F2N5O. The number of hydrogen-bond acceptors (Lipinski definition) is 4. The zero-order chi connectivity index (χ0) is 21.4. The number of carbonyl (C=O) groups is 1. The Hall–Kier alpha value is -2.55. The van der Waals surface area contributed by atoms with Crippen molar-refractivity contribution >= 4 is 11.7 Å². The van der Waals surface area contributed by atoms with Gasteiger partial charge < -0.3 is 10.2 Å². The molecule has 1 spiro atoms. The monoisotopic (exact) mass is 427 g/mol. The van der Waals surface area contributed by atoms with Gasteiger partial charge in [0.15, 0.2) is 11.6 Å². The van der Waals surface area contributed by atoms with Crippen LogP contribution in [0.25, 0.3) is 0 Å². The Kier molecular flexibility index (Phi) is 5.37. The number of hydrazine groups is 1. The topological polar surface area (TPSA) is 59.6 Å². The lowest BCUT2D eigenvalue weighted by Crippen LogP contribution is -2.53. The van der Waals surface area contributed by atoms with Crippen LogP contribution in [0.15, 0.2) is 42.5 Å². The number of carbonyl (C=O) groups excluding carboxylic acids is 1. The molecule has 5 rings (SSSR count). The van der Waals surface area contributed by atoms with Crippen molar-refractivity contribution in [2.45, 2.75) is 30.8 Å². The van der Waals surface area contributed by atoms with E-state index in [1.54, 1.807) is 15.9 Å². The summed E-state index contributed by atoms with van der Waals surface area (Å²) in [7, 11) is 0. The van der Waals surface area contributed by atoms with Crippen molar-refractivity contribution in [3.63, 3.8) is 0 Å². The minimum absolute atomic E-state index is 0.0659. The molecule has 3 aliphatic heterocycles. The van der Waals surface area contributed by atoms with Gasteiger partial charge in [-0.25, -0.2) is 13.6 Å². The molecule has 3 heterocycles. The van der Waals surface area contributed by atoms with Crippen LogP contribution < -0.4 is 21.1 Å². The maximum atomic E-state index is 14.4. The molecule has 0 aliphatic carbocycles. The van der Waals surface area contributed by atoms with Crippen LogP contribution in [0, 0.1) is 11.6 Å². The second-order valence-corrected chi connectivity index (χ2v) is 8.69. The fraction of sp³-hybridized carbons (Fsp3) is 0.435. The van der Waals surface area contributed by atoms with Crippen molar-refractivity contribution in [2.24, 2.45) is 0 Å². The number of nitrogens with one attached hydrogen (secondary N) is 3. The molecule has 0 atom stereocenters. The lowest BCUT2D eigenvalue weighted by molar-refractivity contribution is 0.118. The van der Waals surface area contributed by atoms with Crippen molar-refractivity contribution in [1.82, 2.24) is 21.1 Å². The standard InChI is InChI=1S/C23H27F2N5O/c24-20-3-1-2-17(21(20)25)14-30-22(31)29(15-23(30)8-10-26-11-9-23)19-6-4-16(5-7-19)18-12-27-28-13-18/h1-7,18,26-28H,8-15H2. The molecule has 0 unspecified atom stereocenters. The van der Waals surface area contributed by atoms with E-state index < -0.39 is 11.6 Å². The van der Waals surface area contributed by atoms with Crippen molar-refractivity contribution in [3.8, 4) is 0 Å². The van der Waals surface area contributed by atoms with Gasteiger partial charge in [0.25, 0.3) is 0 Å². The van der Waals surface area contributed by atoms with Crippen molar-refractivity contribution < 1.29 is 13.6 Å². The molecule has 0 aromatic heterocycles. The summed E-state index contributed by atoms with van der Waals surface area (Å²) in [4.78, 5) is 17.1. The second kappa shape index (κ2) is 8.18. The SMILES string of the molecule is O=C1N(c2ccc(C3CNNC3)cc2)CC2(CCNCC2)N1Cc1cccc(F)c1F. The van der Waals surface area contributed by atoms with Gasteiger partial charge in [0, 0.05) is 30.3 Å². The van der Waals surface area contributed by atoms with Crippen LogP contribution in [0.3, 0.4) is 0 Å². The minimum Gasteiger partial charge on any atom is -0.317 e. The average Bonchev–Trinajstić information content (AvgIpc) is 3.41. The van der Waals surface area contributed by atoms with E-state index in [4.69, 9.17) is 0 Å². The van der Waals surface area contributed by atoms with Crippen molar-refractivity contribution in [3.05, 3.63) is 65.2 Å². The molecule has 0 radical (unpaired) electrons. The highest BCUT2D eigenvalue weighted by molar-refractivity contribution is 5.95. The van der Waals surface area contributed by atoms with Crippen LogP contribution in [0.2, 0.25) is 0 Å². The van der Waals surface area contributed by atoms with Gasteiger partial charge in [-0.1, -0.05) is 24.3 Å². The Morgan fingerprint density at radius 1 is 1.00 bits per heavy atom. The molecular weight excluding hydrogens is 400 g/mol. The molecule has 0 saturated carbocycles. The molecule has 2 amide bonds. The number of piperidine rings is 1. The van der Waals surface area contributed by atoms with E-state index >= 15 is 0 Å². The number of urea groups is 1. The largest absolute Gasteiger partial charge is 0.325 e. The van der Waals surface area contributed by atoms with Gasteiger partial charge in [-0.2, -0.15) is 0 Å². The van der Waals surface area contributed by atoms with Crippen molar-refractivity contribution in [1.29, 1.82) is 0 Å². The summed E-state index contributed by atoms with van der Waals surface area (Å²) in [6.45, 7) is 3.97. The van der Waals surface area contributed by atoms with Crippen LogP contribution >= 0.6 is 0 Å². The zero-order valence-electron chi connectivity index (χ0n) is 17.3. The van der Waals surface area contributed by atoms with E-state index in [1.807, 2.05) is 12.1 Å². The fourth-order valence-corrected chi connectivity index (χ4v) is 5.02. The molecule has 8 heteroatoms. The number of rotatable bonds is 4. The van der Waals surface area contributed by atoms with Crippen molar-refractivity contribution in [2.75, 3.05) is 37.6 Å². The number of benzene rings is 2. The third kappa shape index (κ3) is 3.69. The predicted molar refractivity (Wildman–Crippen MR) is 115 cm³/mol. The van der Waals surface area contributed by atoms with E-state index in [0.29, 0.717) is 12.5 Å². The van der Waals surface area contributed by atoms with Gasteiger partial charge in [-0.3, -0.25) is 15.8 Å². The number of anilines is 1. The van der Waals surface area contributed by atoms with Gasteiger partial charge in [0.05, 0.1) is 18.6 Å². The molecule has 3 N–H and O–H groups in total. The summed E-state index contributed by atoms with van der Waals surface area (Å²) in [5.41, 5.74) is 8.17. The van der Waals surface area contributed by atoms with Gasteiger partial charge in [0.1, 0.15) is 0 Å². The van der Waals surface area contributed by atoms with E-state index in [2.05, 4.69) is 28.3 Å². The molecule has 6 nitrogen and oxygen atoms in total. The smallest absolute Gasteiger partial charge is 0.317 e. The van der Waals surface area contributed by atoms with Gasteiger partial charge in [0.2, 0.25) is 0 Å². The van der Waals surface area contributed by atoms with E-state index in [9.17, 15) is 13.6 Å². The first kappa shape index (κ1) is 20.4. The summed E-state index contributed by atoms with van der Waals surface area (Å²) in [5.74, 6) is -1.35. The highest BCUT2D eigenvalue weighted by atomic mass is 19.2. The van der Waals surface area contributed by atoms with Crippen LogP contribution in [0.5, 0.6) is 0 Å². The molecule has 31 heavy (non-hydrogen) atoms. The quantitative estimate of drug-likeness (QED) is 0.702. The van der Waals surface area contributed by atoms with Gasteiger partial charge >= 0.3 is 6.03 Å². The first-order valence-electron chi connectivity index (χ1n) is 10.9. The summed E-state index contributed by atoms with van der Waals surface area (Å²) in [6, 6.07) is 12.1. The zero-order valence-corrected chi connectivity index (χ0v) is 17.3.